The lowest BCUT2D eigenvalue weighted by Crippen LogP contribution is -2.01. The van der Waals surface area contributed by atoms with Gasteiger partial charge in [0.1, 0.15) is 11.2 Å². The molecule has 0 radical (unpaired) electrons. The first-order chi connectivity index (χ1) is 35.1. The topological polar surface area (TPSA) is 43.9 Å². The Morgan fingerprint density at radius 3 is 2.08 bits per heavy atom. The van der Waals surface area contributed by atoms with Crippen LogP contribution >= 0.6 is 0 Å². The normalized spacial score (nSPS) is 15.1. The number of hydrogen-bond acceptors (Lipinski definition) is 3. The van der Waals surface area contributed by atoms with Crippen molar-refractivity contribution in [2.75, 3.05) is 0 Å². The molecule has 0 saturated heterocycles. The largest absolute Gasteiger partial charge is 0.456 e. The van der Waals surface area contributed by atoms with E-state index in [-0.39, 0.29) is 50.1 Å². The minimum Gasteiger partial charge on any atom is -0.456 e. The molecule has 0 atom stereocenters. The average molecular weight is 768 g/mol. The van der Waals surface area contributed by atoms with E-state index in [0.29, 0.717) is 39.2 Å². The summed E-state index contributed by atoms with van der Waals surface area (Å²) in [7, 11) is 0. The fraction of sp³-hybridized carbons (Fsp3) is 0.0182. The molecular formula is C55H35N3O. The minimum absolute atomic E-state index is 0.128. The maximum atomic E-state index is 9.69. The maximum absolute atomic E-state index is 9.69. The van der Waals surface area contributed by atoms with Crippen LogP contribution in [-0.4, -0.2) is 14.5 Å². The number of para-hydroxylation sites is 4. The number of hydrogen-bond donors (Lipinski definition) is 0. The lowest BCUT2D eigenvalue weighted by atomic mass is 9.94. The van der Waals surface area contributed by atoms with Crippen molar-refractivity contribution >= 4 is 65.6 Å². The Morgan fingerprint density at radius 2 is 1.20 bits per heavy atom. The predicted octanol–water partition coefficient (Wildman–Crippen LogP) is 14.4. The van der Waals surface area contributed by atoms with Gasteiger partial charge in [0.2, 0.25) is 0 Å². The van der Waals surface area contributed by atoms with Crippen LogP contribution in [0.15, 0.2) is 204 Å². The van der Waals surface area contributed by atoms with Crippen LogP contribution in [0.2, 0.25) is 0 Å². The average Bonchev–Trinajstić information content (AvgIpc) is 3.97. The summed E-state index contributed by atoms with van der Waals surface area (Å²) in [6.45, 7) is 0. The van der Waals surface area contributed by atoms with Gasteiger partial charge in [-0.25, -0.2) is 9.97 Å². The SMILES string of the molecule is [2H]c1c([2H])c(-n2c3c([2H])c([2H])c([2H])c([2H])c3c3c4c([2H])c([2H])c([2H])c([2H])c4c([2H])c([2H])c32)c([2H])c([2H])c1-c1cc(Cc2nc3ccccc3nc2-c2cccc(-c3ccccc3)c2)c2c(c1)oc1ccccc12. The highest BCUT2D eigenvalue weighted by atomic mass is 16.3. The van der Waals surface area contributed by atoms with Gasteiger partial charge in [-0.05, 0) is 99.2 Å². The summed E-state index contributed by atoms with van der Waals surface area (Å²) in [6.07, 6.45) is 0.183. The molecule has 0 aliphatic rings. The van der Waals surface area contributed by atoms with Gasteiger partial charge in [-0.15, -0.1) is 0 Å². The zero-order valence-electron chi connectivity index (χ0n) is 44.9. The number of aromatic nitrogens is 3. The van der Waals surface area contributed by atoms with Gasteiger partial charge in [0.25, 0.3) is 0 Å². The number of furan rings is 1. The highest BCUT2D eigenvalue weighted by Crippen LogP contribution is 2.40. The third kappa shape index (κ3) is 5.53. The van der Waals surface area contributed by atoms with Crippen molar-refractivity contribution in [3.63, 3.8) is 0 Å². The molecule has 3 heterocycles. The van der Waals surface area contributed by atoms with Crippen LogP contribution in [0, 0.1) is 0 Å². The third-order valence-electron chi connectivity index (χ3n) is 10.8. The van der Waals surface area contributed by atoms with Crippen LogP contribution in [0.3, 0.4) is 0 Å². The molecule has 0 bridgehead atoms. The van der Waals surface area contributed by atoms with Gasteiger partial charge in [-0.1, -0.05) is 139 Å². The molecule has 276 valence electrons. The van der Waals surface area contributed by atoms with E-state index in [1.807, 2.05) is 97.1 Å². The van der Waals surface area contributed by atoms with E-state index in [0.717, 1.165) is 32.0 Å². The molecule has 4 nitrogen and oxygen atoms in total. The van der Waals surface area contributed by atoms with E-state index in [4.69, 9.17) is 25.4 Å². The lowest BCUT2D eigenvalue weighted by molar-refractivity contribution is 0.669. The predicted molar refractivity (Wildman–Crippen MR) is 244 cm³/mol. The first-order valence-electron chi connectivity index (χ1n) is 26.0. The molecule has 0 fully saturated rings. The zero-order chi connectivity index (χ0) is 51.0. The van der Waals surface area contributed by atoms with Crippen molar-refractivity contribution in [3.8, 4) is 39.2 Å². The number of fused-ring (bicyclic) bond motifs is 9. The molecule has 0 amide bonds. The summed E-state index contributed by atoms with van der Waals surface area (Å²) < 4.78 is 135. The van der Waals surface area contributed by atoms with Gasteiger partial charge >= 0.3 is 0 Å². The van der Waals surface area contributed by atoms with Crippen LogP contribution in [0.1, 0.15) is 30.4 Å². The van der Waals surface area contributed by atoms with Crippen LogP contribution in [0.4, 0.5) is 0 Å². The second-order valence-electron chi connectivity index (χ2n) is 14.2. The monoisotopic (exact) mass is 767 g/mol. The van der Waals surface area contributed by atoms with Crippen molar-refractivity contribution in [2.24, 2.45) is 0 Å². The molecule has 12 rings (SSSR count). The number of benzene rings is 9. The molecule has 0 N–H and O–H groups in total. The smallest absolute Gasteiger partial charge is 0.136 e. The van der Waals surface area contributed by atoms with Crippen LogP contribution in [0.25, 0.3) is 105 Å². The zero-order valence-corrected chi connectivity index (χ0v) is 30.9. The number of nitrogens with zero attached hydrogens (tertiary/aromatic N) is 3. The molecule has 3 aromatic heterocycles. The highest BCUT2D eigenvalue weighted by Gasteiger charge is 2.20. The summed E-state index contributed by atoms with van der Waals surface area (Å²) in [6, 6.07) is 27.5. The van der Waals surface area contributed by atoms with Crippen molar-refractivity contribution < 1.29 is 23.6 Å². The van der Waals surface area contributed by atoms with Gasteiger partial charge in [0.15, 0.2) is 0 Å². The van der Waals surface area contributed by atoms with Crippen molar-refractivity contribution in [1.29, 1.82) is 0 Å². The summed E-state index contributed by atoms with van der Waals surface area (Å²) >= 11 is 0. The highest BCUT2D eigenvalue weighted by molar-refractivity contribution is 6.21. The standard InChI is InChI=1S/C55H35N3O/c1-2-13-35(14-3-1)38-16-12-17-39(31-38)55-48(56-46-21-8-9-22-47(46)57-55)33-41-32-40(34-52-53(41)45-20-7-11-24-51(45)59-52)36-25-28-42(29-26-36)58-49-23-10-6-19-44(49)54-43-18-5-4-15-37(43)27-30-50(54)58/h1-32,34H,33H2/i4D,5D,6D,10D,15D,18D,19D,23D,25D,26D,27D,28D,29D,30D. The Morgan fingerprint density at radius 1 is 0.475 bits per heavy atom. The third-order valence-corrected chi connectivity index (χ3v) is 10.8. The van der Waals surface area contributed by atoms with Gasteiger partial charge in [-0.2, -0.15) is 0 Å². The first-order valence-corrected chi connectivity index (χ1v) is 19.0. The summed E-state index contributed by atoms with van der Waals surface area (Å²) in [5.41, 5.74) is 5.99. The van der Waals surface area contributed by atoms with Crippen LogP contribution < -0.4 is 0 Å². The van der Waals surface area contributed by atoms with E-state index < -0.39 is 90.3 Å². The van der Waals surface area contributed by atoms with Gasteiger partial charge in [-0.3, -0.25) is 0 Å². The maximum Gasteiger partial charge on any atom is 0.136 e. The second-order valence-corrected chi connectivity index (χ2v) is 14.2. The van der Waals surface area contributed by atoms with E-state index in [1.165, 1.54) is 0 Å². The first kappa shape index (κ1) is 22.2. The molecule has 0 spiro atoms. The van der Waals surface area contributed by atoms with E-state index in [2.05, 4.69) is 6.07 Å². The van der Waals surface area contributed by atoms with E-state index in [1.54, 1.807) is 12.1 Å². The Balaban J connectivity index is 1.12. The molecule has 0 aliphatic heterocycles. The number of rotatable bonds is 6. The molecule has 0 saturated carbocycles. The Bertz CT molecular complexity index is 4390. The van der Waals surface area contributed by atoms with Crippen LogP contribution in [-0.2, 0) is 6.42 Å². The van der Waals surface area contributed by atoms with Crippen LogP contribution in [0.5, 0.6) is 0 Å². The van der Waals surface area contributed by atoms with E-state index in [9.17, 15) is 8.22 Å². The Labute approximate surface area is 359 Å². The Kier molecular flexibility index (Phi) is 5.04. The molecule has 12 aromatic rings. The van der Waals surface area contributed by atoms with Gasteiger partial charge in [0.05, 0.1) is 52.6 Å². The van der Waals surface area contributed by atoms with Gasteiger partial charge < -0.3 is 8.98 Å². The van der Waals surface area contributed by atoms with E-state index >= 15 is 0 Å². The van der Waals surface area contributed by atoms with Crippen molar-refractivity contribution in [2.45, 2.75) is 6.42 Å². The fourth-order valence-corrected chi connectivity index (χ4v) is 8.13. The molecular weight excluding hydrogens is 719 g/mol. The minimum atomic E-state index is -0.716. The molecule has 9 aromatic carbocycles. The summed E-state index contributed by atoms with van der Waals surface area (Å²) in [5, 5.41) is 0.372. The molecule has 0 aliphatic carbocycles. The van der Waals surface area contributed by atoms with Gasteiger partial charge in [0, 0.05) is 39.2 Å². The molecule has 59 heavy (non-hydrogen) atoms. The Hall–Kier alpha value is -7.82. The van der Waals surface area contributed by atoms with Crippen molar-refractivity contribution in [1.82, 2.24) is 14.5 Å². The molecule has 4 heteroatoms. The second kappa shape index (κ2) is 13.4. The lowest BCUT2D eigenvalue weighted by Gasteiger charge is -2.14. The quantitative estimate of drug-likeness (QED) is 0.169. The summed E-state index contributed by atoms with van der Waals surface area (Å²) in [4.78, 5) is 10.4. The van der Waals surface area contributed by atoms with Crippen molar-refractivity contribution in [3.05, 3.63) is 211 Å². The summed E-state index contributed by atoms with van der Waals surface area (Å²) in [5.74, 6) is 0. The fourth-order valence-electron chi connectivity index (χ4n) is 8.13. The molecule has 0 unspecified atom stereocenters.